The molecule has 0 saturated heterocycles. The van der Waals surface area contributed by atoms with E-state index >= 15 is 0 Å². The Labute approximate surface area is 182 Å². The number of carbonyl (C=O) groups excluding carboxylic acids is 1. The van der Waals surface area contributed by atoms with Crippen LogP contribution in [0.25, 0.3) is 10.9 Å². The molecule has 3 rings (SSSR count). The lowest BCUT2D eigenvalue weighted by Crippen LogP contribution is -2.41. The Bertz CT molecular complexity index is 1210. The minimum absolute atomic E-state index is 0.207. The molecular weight excluding hydrogens is 416 g/mol. The second kappa shape index (κ2) is 9.73. The summed E-state index contributed by atoms with van der Waals surface area (Å²) in [5.74, 6) is -3.02. The maximum atomic E-state index is 12.4. The first-order chi connectivity index (χ1) is 15.2. The number of aromatic nitrogens is 2. The zero-order valence-electron chi connectivity index (χ0n) is 17.2. The number of aliphatic carboxylic acids is 2. The molecule has 1 aromatic heterocycles. The highest BCUT2D eigenvalue weighted by atomic mass is 16.4. The van der Waals surface area contributed by atoms with Gasteiger partial charge in [0.05, 0.1) is 17.2 Å². The van der Waals surface area contributed by atoms with Crippen LogP contribution < -0.4 is 15.8 Å². The van der Waals surface area contributed by atoms with Crippen molar-refractivity contribution >= 4 is 34.4 Å². The highest BCUT2D eigenvalue weighted by Crippen LogP contribution is 2.18. The third kappa shape index (κ3) is 5.48. The van der Waals surface area contributed by atoms with Crippen molar-refractivity contribution in [3.8, 4) is 0 Å². The maximum Gasteiger partial charge on any atom is 0.326 e. The zero-order valence-corrected chi connectivity index (χ0v) is 17.2. The summed E-state index contributed by atoms with van der Waals surface area (Å²) in [6.07, 6.45) is 0.790. The van der Waals surface area contributed by atoms with Crippen molar-refractivity contribution < 1.29 is 24.6 Å². The predicted molar refractivity (Wildman–Crippen MR) is 117 cm³/mol. The van der Waals surface area contributed by atoms with Crippen LogP contribution in [-0.2, 0) is 16.1 Å². The lowest BCUT2D eigenvalue weighted by Gasteiger charge is -2.20. The number of H-pyrrole nitrogens is 1. The number of rotatable bonds is 9. The van der Waals surface area contributed by atoms with Crippen LogP contribution in [0.1, 0.15) is 28.8 Å². The van der Waals surface area contributed by atoms with Crippen LogP contribution in [0, 0.1) is 0 Å². The monoisotopic (exact) mass is 438 g/mol. The molecule has 0 aliphatic rings. The minimum Gasteiger partial charge on any atom is -0.481 e. The van der Waals surface area contributed by atoms with Crippen molar-refractivity contribution in [2.45, 2.75) is 25.4 Å². The second-order valence-corrected chi connectivity index (χ2v) is 7.28. The van der Waals surface area contributed by atoms with E-state index in [4.69, 9.17) is 5.11 Å². The van der Waals surface area contributed by atoms with Gasteiger partial charge in [-0.15, -0.1) is 0 Å². The number of aromatic amines is 1. The molecule has 0 fully saturated rings. The smallest absolute Gasteiger partial charge is 0.326 e. The summed E-state index contributed by atoms with van der Waals surface area (Å²) in [5, 5.41) is 20.7. The standard InChI is InChI=1S/C22H22N4O6/c1-26(11-13-2-7-17-16(10-13)21(30)24-12-23-17)15-5-3-14(4-6-15)20(29)25-18(22(31)32)8-9-19(27)28/h2-7,10,12,18H,8-9,11H2,1H3,(H,25,29)(H,27,28)(H,31,32)(H,23,24,30). The average molecular weight is 438 g/mol. The van der Waals surface area contributed by atoms with Crippen molar-refractivity contribution in [1.29, 1.82) is 0 Å². The van der Waals surface area contributed by atoms with Crippen molar-refractivity contribution in [2.24, 2.45) is 0 Å². The van der Waals surface area contributed by atoms with Crippen LogP contribution in [0.2, 0.25) is 0 Å². The van der Waals surface area contributed by atoms with Gasteiger partial charge in [-0.25, -0.2) is 9.78 Å². The van der Waals surface area contributed by atoms with Crippen LogP contribution in [0.3, 0.4) is 0 Å². The summed E-state index contributed by atoms with van der Waals surface area (Å²) in [7, 11) is 1.86. The molecule has 1 heterocycles. The Hall–Kier alpha value is -4.21. The summed E-state index contributed by atoms with van der Waals surface area (Å²) < 4.78 is 0. The number of amides is 1. The van der Waals surface area contributed by atoms with Crippen LogP contribution in [0.4, 0.5) is 5.69 Å². The topological polar surface area (TPSA) is 153 Å². The number of benzene rings is 2. The van der Waals surface area contributed by atoms with E-state index in [0.29, 0.717) is 17.4 Å². The quantitative estimate of drug-likeness (QED) is 0.393. The van der Waals surface area contributed by atoms with Gasteiger partial charge in [0.1, 0.15) is 6.04 Å². The number of hydrogen-bond acceptors (Lipinski definition) is 6. The van der Waals surface area contributed by atoms with E-state index in [1.165, 1.54) is 6.33 Å². The highest BCUT2D eigenvalue weighted by Gasteiger charge is 2.21. The fourth-order valence-corrected chi connectivity index (χ4v) is 3.21. The Morgan fingerprint density at radius 2 is 1.84 bits per heavy atom. The lowest BCUT2D eigenvalue weighted by atomic mass is 10.1. The molecule has 0 radical (unpaired) electrons. The second-order valence-electron chi connectivity index (χ2n) is 7.28. The van der Waals surface area contributed by atoms with Gasteiger partial charge in [-0.1, -0.05) is 6.07 Å². The van der Waals surface area contributed by atoms with E-state index < -0.39 is 23.9 Å². The van der Waals surface area contributed by atoms with E-state index in [1.54, 1.807) is 36.4 Å². The van der Waals surface area contributed by atoms with Gasteiger partial charge in [0.25, 0.3) is 11.5 Å². The summed E-state index contributed by atoms with van der Waals surface area (Å²) in [6, 6.07) is 10.7. The Kier molecular flexibility index (Phi) is 6.83. The van der Waals surface area contributed by atoms with Crippen molar-refractivity contribution in [3.63, 3.8) is 0 Å². The van der Waals surface area contributed by atoms with Gasteiger partial charge in [-0.05, 0) is 48.4 Å². The molecule has 1 atom stereocenters. The molecule has 0 saturated carbocycles. The molecule has 0 spiro atoms. The molecule has 10 heteroatoms. The third-order valence-corrected chi connectivity index (χ3v) is 4.95. The van der Waals surface area contributed by atoms with Gasteiger partial charge in [0.2, 0.25) is 0 Å². The van der Waals surface area contributed by atoms with Crippen molar-refractivity contribution in [1.82, 2.24) is 15.3 Å². The highest BCUT2D eigenvalue weighted by molar-refractivity contribution is 5.97. The van der Waals surface area contributed by atoms with Gasteiger partial charge >= 0.3 is 11.9 Å². The number of hydrogen-bond donors (Lipinski definition) is 4. The molecule has 0 aliphatic heterocycles. The van der Waals surface area contributed by atoms with Gasteiger partial charge in [0.15, 0.2) is 0 Å². The SMILES string of the molecule is CN(Cc1ccc2nc[nH]c(=O)c2c1)c1ccc(C(=O)NC(CCC(=O)O)C(=O)O)cc1. The van der Waals surface area contributed by atoms with Gasteiger partial charge in [0, 0.05) is 31.3 Å². The number of nitrogens with zero attached hydrogens (tertiary/aromatic N) is 2. The van der Waals surface area contributed by atoms with E-state index in [0.717, 1.165) is 11.3 Å². The zero-order chi connectivity index (χ0) is 23.3. The lowest BCUT2D eigenvalue weighted by molar-refractivity contribution is -0.140. The fraction of sp³-hybridized carbons (Fsp3) is 0.227. The molecule has 4 N–H and O–H groups in total. The normalized spacial score (nSPS) is 11.7. The molecule has 10 nitrogen and oxygen atoms in total. The first-order valence-electron chi connectivity index (χ1n) is 9.77. The Morgan fingerprint density at radius 1 is 1.12 bits per heavy atom. The van der Waals surface area contributed by atoms with Crippen LogP contribution >= 0.6 is 0 Å². The van der Waals surface area contributed by atoms with E-state index in [1.807, 2.05) is 18.0 Å². The molecule has 32 heavy (non-hydrogen) atoms. The number of carbonyl (C=O) groups is 3. The third-order valence-electron chi connectivity index (χ3n) is 4.95. The van der Waals surface area contributed by atoms with E-state index in [9.17, 15) is 24.3 Å². The molecule has 1 amide bonds. The van der Waals surface area contributed by atoms with Crippen molar-refractivity contribution in [3.05, 3.63) is 70.3 Å². The Morgan fingerprint density at radius 3 is 2.50 bits per heavy atom. The molecule has 3 aromatic rings. The van der Waals surface area contributed by atoms with Gasteiger partial charge in [-0.2, -0.15) is 0 Å². The predicted octanol–water partition coefficient (Wildman–Crippen LogP) is 1.61. The number of fused-ring (bicyclic) bond motifs is 1. The summed E-state index contributed by atoms with van der Waals surface area (Å²) in [4.78, 5) is 54.9. The number of nitrogens with one attached hydrogen (secondary N) is 2. The molecule has 166 valence electrons. The molecular formula is C22H22N4O6. The van der Waals surface area contributed by atoms with Crippen LogP contribution in [-0.4, -0.2) is 51.1 Å². The van der Waals surface area contributed by atoms with Crippen LogP contribution in [0.15, 0.2) is 53.6 Å². The van der Waals surface area contributed by atoms with E-state index in [-0.39, 0.29) is 24.0 Å². The minimum atomic E-state index is -1.29. The summed E-state index contributed by atoms with van der Waals surface area (Å²) in [6.45, 7) is 0.506. The van der Waals surface area contributed by atoms with Gasteiger partial charge in [-0.3, -0.25) is 14.4 Å². The largest absolute Gasteiger partial charge is 0.481 e. The molecule has 2 aromatic carbocycles. The Balaban J connectivity index is 1.67. The number of carboxylic acid groups (broad SMARTS) is 2. The summed E-state index contributed by atoms with van der Waals surface area (Å²) >= 11 is 0. The first-order valence-corrected chi connectivity index (χ1v) is 9.77. The number of anilines is 1. The van der Waals surface area contributed by atoms with Crippen LogP contribution in [0.5, 0.6) is 0 Å². The van der Waals surface area contributed by atoms with Crippen molar-refractivity contribution in [2.75, 3.05) is 11.9 Å². The average Bonchev–Trinajstić information content (AvgIpc) is 2.76. The fourth-order valence-electron chi connectivity index (χ4n) is 3.21. The maximum absolute atomic E-state index is 12.4. The van der Waals surface area contributed by atoms with Gasteiger partial charge < -0.3 is 25.4 Å². The number of carboxylic acids is 2. The first kappa shape index (κ1) is 22.5. The molecule has 1 unspecified atom stereocenters. The molecule has 0 aliphatic carbocycles. The van der Waals surface area contributed by atoms with E-state index in [2.05, 4.69) is 15.3 Å². The molecule has 0 bridgehead atoms. The summed E-state index contributed by atoms with van der Waals surface area (Å²) in [5.41, 5.74) is 2.37.